The van der Waals surface area contributed by atoms with E-state index in [4.69, 9.17) is 4.74 Å². The number of ether oxygens (including phenoxy) is 1. The number of nitrogens with zero attached hydrogens (tertiary/aromatic N) is 3. The van der Waals surface area contributed by atoms with Gasteiger partial charge in [-0.15, -0.1) is 0 Å². The van der Waals surface area contributed by atoms with E-state index in [1.165, 1.54) is 23.9 Å². The molecule has 1 aromatic rings. The first-order chi connectivity index (χ1) is 14.8. The number of allylic oxidation sites excluding steroid dienone is 1. The monoisotopic (exact) mass is 446 g/mol. The van der Waals surface area contributed by atoms with Gasteiger partial charge in [0.05, 0.1) is 30.3 Å². The molecule has 3 rings (SSSR count). The van der Waals surface area contributed by atoms with E-state index >= 15 is 0 Å². The van der Waals surface area contributed by atoms with Crippen LogP contribution in [0.3, 0.4) is 0 Å². The van der Waals surface area contributed by atoms with E-state index in [1.807, 2.05) is 29.3 Å². The molecule has 31 heavy (non-hydrogen) atoms. The van der Waals surface area contributed by atoms with Crippen molar-refractivity contribution >= 4 is 28.8 Å². The lowest BCUT2D eigenvalue weighted by Crippen LogP contribution is -2.38. The number of benzene rings is 1. The minimum Gasteiger partial charge on any atom is -0.463 e. The number of likely N-dealkylation sites (N-methyl/N-ethyl adjacent to an activating group) is 1. The molecule has 7 nitrogen and oxygen atoms in total. The molecule has 2 heterocycles. The van der Waals surface area contributed by atoms with Gasteiger partial charge in [0.1, 0.15) is 5.82 Å². The number of amidine groups is 1. The maximum atomic E-state index is 14.1. The van der Waals surface area contributed by atoms with Crippen LogP contribution in [0.4, 0.5) is 4.39 Å². The quantitative estimate of drug-likeness (QED) is 0.619. The number of thioether (sulfide) groups is 1. The Labute approximate surface area is 186 Å². The van der Waals surface area contributed by atoms with Crippen LogP contribution in [0.2, 0.25) is 0 Å². The number of carbonyl (C=O) groups excluding carboxylic acids is 2. The molecule has 0 aliphatic carbocycles. The largest absolute Gasteiger partial charge is 0.463 e. The van der Waals surface area contributed by atoms with E-state index in [-0.39, 0.29) is 18.9 Å². The summed E-state index contributed by atoms with van der Waals surface area (Å²) in [6, 6.07) is 5.50. The third-order valence-corrected chi connectivity index (χ3v) is 5.77. The van der Waals surface area contributed by atoms with Crippen LogP contribution < -0.4 is 5.32 Å². The molecular weight excluding hydrogens is 419 g/mol. The van der Waals surface area contributed by atoms with Gasteiger partial charge in [0.2, 0.25) is 5.91 Å². The third-order valence-electron chi connectivity index (χ3n) is 4.88. The second-order valence-electron chi connectivity index (χ2n) is 7.50. The maximum Gasteiger partial charge on any atom is 0.338 e. The Morgan fingerprint density at radius 1 is 1.35 bits per heavy atom. The van der Waals surface area contributed by atoms with Crippen molar-refractivity contribution in [3.8, 4) is 0 Å². The minimum absolute atomic E-state index is 0.125. The Kier molecular flexibility index (Phi) is 7.50. The number of hydrogen-bond acceptors (Lipinski definition) is 7. The number of aliphatic imine (C=N–C) groups is 1. The lowest BCUT2D eigenvalue weighted by molar-refractivity contribution is -0.139. The summed E-state index contributed by atoms with van der Waals surface area (Å²) >= 11 is 1.38. The standard InChI is InChI=1S/C22H27FN4O3S/c1-5-30-21(29)19-14(2)25-22-27(20(19)15-7-6-8-16(23)11-15)17(13-31-22)12-18(28)24-9-10-26(3)4/h6-8,11,13,20H,5,9-10,12H2,1-4H3,(H,24,28). The van der Waals surface area contributed by atoms with E-state index in [9.17, 15) is 14.0 Å². The second-order valence-corrected chi connectivity index (χ2v) is 8.34. The zero-order valence-corrected chi connectivity index (χ0v) is 19.0. The molecule has 9 heteroatoms. The molecule has 2 aliphatic rings. The Balaban J connectivity index is 1.92. The van der Waals surface area contributed by atoms with Crippen molar-refractivity contribution in [2.45, 2.75) is 26.3 Å². The van der Waals surface area contributed by atoms with E-state index in [1.54, 1.807) is 26.0 Å². The number of halogens is 1. The molecule has 0 spiro atoms. The van der Waals surface area contributed by atoms with Gasteiger partial charge in [-0.25, -0.2) is 14.2 Å². The predicted octanol–water partition coefficient (Wildman–Crippen LogP) is 3.03. The van der Waals surface area contributed by atoms with Crippen LogP contribution in [0.25, 0.3) is 0 Å². The average Bonchev–Trinajstić information content (AvgIpc) is 3.08. The van der Waals surface area contributed by atoms with Crippen LogP contribution in [0.15, 0.2) is 51.6 Å². The Hall–Kier alpha value is -2.65. The first kappa shape index (κ1) is 23.0. The summed E-state index contributed by atoms with van der Waals surface area (Å²) in [6.45, 7) is 4.96. The molecule has 166 valence electrons. The summed E-state index contributed by atoms with van der Waals surface area (Å²) < 4.78 is 19.4. The zero-order valence-electron chi connectivity index (χ0n) is 18.1. The van der Waals surface area contributed by atoms with Gasteiger partial charge < -0.3 is 19.9 Å². The first-order valence-electron chi connectivity index (χ1n) is 10.1. The highest BCUT2D eigenvalue weighted by Crippen LogP contribution is 2.44. The number of hydrogen-bond donors (Lipinski definition) is 1. The molecular formula is C22H27FN4O3S. The van der Waals surface area contributed by atoms with E-state index in [0.29, 0.717) is 34.2 Å². The summed E-state index contributed by atoms with van der Waals surface area (Å²) in [7, 11) is 3.88. The van der Waals surface area contributed by atoms with Gasteiger partial charge in [-0.05, 0) is 51.0 Å². The molecule has 0 aromatic heterocycles. The number of fused-ring (bicyclic) bond motifs is 1. The topological polar surface area (TPSA) is 74.2 Å². The molecule has 0 saturated carbocycles. The molecule has 0 fully saturated rings. The Bertz CT molecular complexity index is 958. The number of amides is 1. The minimum atomic E-state index is -0.627. The first-order valence-corrected chi connectivity index (χ1v) is 11.0. The number of esters is 1. The lowest BCUT2D eigenvalue weighted by Gasteiger charge is -2.36. The van der Waals surface area contributed by atoms with Crippen molar-refractivity contribution in [1.82, 2.24) is 15.1 Å². The number of carbonyl (C=O) groups is 2. The normalized spacial score (nSPS) is 18.0. The number of nitrogens with one attached hydrogen (secondary N) is 1. The van der Waals surface area contributed by atoms with E-state index in [2.05, 4.69) is 10.3 Å². The highest BCUT2D eigenvalue weighted by molar-refractivity contribution is 8.16. The lowest BCUT2D eigenvalue weighted by atomic mass is 9.93. The highest BCUT2D eigenvalue weighted by atomic mass is 32.2. The zero-order chi connectivity index (χ0) is 22.5. The van der Waals surface area contributed by atoms with Crippen LogP contribution in [-0.4, -0.2) is 60.6 Å². The van der Waals surface area contributed by atoms with Gasteiger partial charge in [0.15, 0.2) is 5.17 Å². The van der Waals surface area contributed by atoms with Crippen LogP contribution in [0.1, 0.15) is 31.9 Å². The van der Waals surface area contributed by atoms with Crippen LogP contribution >= 0.6 is 11.8 Å². The van der Waals surface area contributed by atoms with Crippen LogP contribution in [0.5, 0.6) is 0 Å². The average molecular weight is 447 g/mol. The van der Waals surface area contributed by atoms with Crippen molar-refractivity contribution in [2.75, 3.05) is 33.8 Å². The van der Waals surface area contributed by atoms with Crippen molar-refractivity contribution in [1.29, 1.82) is 0 Å². The van der Waals surface area contributed by atoms with Gasteiger partial charge in [-0.2, -0.15) is 0 Å². The van der Waals surface area contributed by atoms with E-state index < -0.39 is 17.8 Å². The van der Waals surface area contributed by atoms with Gasteiger partial charge in [-0.3, -0.25) is 4.79 Å². The summed E-state index contributed by atoms with van der Waals surface area (Å²) in [5.41, 5.74) is 2.17. The van der Waals surface area contributed by atoms with Gasteiger partial charge >= 0.3 is 5.97 Å². The smallest absolute Gasteiger partial charge is 0.338 e. The van der Waals surface area contributed by atoms with Crippen LogP contribution in [-0.2, 0) is 14.3 Å². The van der Waals surface area contributed by atoms with Gasteiger partial charge in [0, 0.05) is 18.8 Å². The third kappa shape index (κ3) is 5.34. The highest BCUT2D eigenvalue weighted by Gasteiger charge is 2.41. The molecule has 1 amide bonds. The van der Waals surface area contributed by atoms with E-state index in [0.717, 1.165) is 6.54 Å². The molecule has 1 N–H and O–H groups in total. The molecule has 1 aromatic carbocycles. The molecule has 0 saturated heterocycles. The van der Waals surface area contributed by atoms with Gasteiger partial charge in [-0.1, -0.05) is 23.9 Å². The van der Waals surface area contributed by atoms with Crippen molar-refractivity contribution in [3.63, 3.8) is 0 Å². The maximum absolute atomic E-state index is 14.1. The molecule has 1 atom stereocenters. The van der Waals surface area contributed by atoms with Crippen LogP contribution in [0, 0.1) is 5.82 Å². The Morgan fingerprint density at radius 3 is 2.81 bits per heavy atom. The SMILES string of the molecule is CCOC(=O)C1=C(C)N=C2SC=C(CC(=O)NCCN(C)C)N2C1c1cccc(F)c1. The fraction of sp³-hybridized carbons (Fsp3) is 0.409. The summed E-state index contributed by atoms with van der Waals surface area (Å²) in [4.78, 5) is 33.7. The van der Waals surface area contributed by atoms with Crippen molar-refractivity contribution in [3.05, 3.63) is 58.0 Å². The second kappa shape index (κ2) is 10.1. The summed E-state index contributed by atoms with van der Waals surface area (Å²) in [5.74, 6) is -1.03. The molecule has 0 radical (unpaired) electrons. The summed E-state index contributed by atoms with van der Waals surface area (Å²) in [6.07, 6.45) is 0.125. The fourth-order valence-electron chi connectivity index (χ4n) is 3.48. The molecule has 1 unspecified atom stereocenters. The fourth-order valence-corrected chi connectivity index (χ4v) is 4.44. The Morgan fingerprint density at radius 2 is 2.13 bits per heavy atom. The number of rotatable bonds is 8. The molecule has 0 bridgehead atoms. The summed E-state index contributed by atoms with van der Waals surface area (Å²) in [5, 5.41) is 5.41. The van der Waals surface area contributed by atoms with Gasteiger partial charge in [0.25, 0.3) is 0 Å². The van der Waals surface area contributed by atoms with Crippen molar-refractivity contribution < 1.29 is 18.7 Å². The predicted molar refractivity (Wildman–Crippen MR) is 120 cm³/mol. The van der Waals surface area contributed by atoms with Crippen molar-refractivity contribution in [2.24, 2.45) is 4.99 Å². The molecule has 2 aliphatic heterocycles.